The summed E-state index contributed by atoms with van der Waals surface area (Å²) in [7, 11) is 0. The van der Waals surface area contributed by atoms with Gasteiger partial charge in [-0.25, -0.2) is 9.37 Å². The number of nitriles is 1. The third-order valence-corrected chi connectivity index (χ3v) is 4.89. The number of hydrogen-bond acceptors (Lipinski definition) is 4. The van der Waals surface area contributed by atoms with Gasteiger partial charge in [0.1, 0.15) is 22.5 Å². The van der Waals surface area contributed by atoms with E-state index in [1.165, 1.54) is 23.6 Å². The molecule has 6 heteroatoms. The maximum Gasteiger partial charge on any atom is 0.146 e. The van der Waals surface area contributed by atoms with Crippen molar-refractivity contribution < 1.29 is 4.39 Å². The lowest BCUT2D eigenvalue weighted by Gasteiger charge is -2.04. The maximum absolute atomic E-state index is 13.8. The summed E-state index contributed by atoms with van der Waals surface area (Å²) in [5.74, 6) is -0.367. The van der Waals surface area contributed by atoms with Crippen LogP contribution in [0.3, 0.4) is 0 Å². The summed E-state index contributed by atoms with van der Waals surface area (Å²) in [5, 5.41) is 14.8. The monoisotopic (exact) mass is 413 g/mol. The number of nitrogens with one attached hydrogen (secondary N) is 1. The van der Waals surface area contributed by atoms with Crippen LogP contribution in [-0.2, 0) is 0 Å². The number of rotatable bonds is 4. The number of allylic oxidation sites excluding steroid dienone is 1. The van der Waals surface area contributed by atoms with Crippen molar-refractivity contribution in [1.29, 1.82) is 5.26 Å². The smallest absolute Gasteiger partial charge is 0.146 e. The molecule has 0 amide bonds. The van der Waals surface area contributed by atoms with Gasteiger partial charge in [0.2, 0.25) is 0 Å². The van der Waals surface area contributed by atoms with Crippen LogP contribution in [0.2, 0.25) is 0 Å². The molecule has 1 heterocycles. The number of aryl methyl sites for hydroxylation is 1. The average Bonchev–Trinajstić information content (AvgIpc) is 3.09. The molecule has 0 radical (unpaired) electrons. The van der Waals surface area contributed by atoms with Crippen LogP contribution < -0.4 is 5.32 Å². The van der Waals surface area contributed by atoms with Gasteiger partial charge in [0.05, 0.1) is 11.4 Å². The Morgan fingerprint density at radius 2 is 2.04 bits per heavy atom. The summed E-state index contributed by atoms with van der Waals surface area (Å²) in [6, 6.07) is 14.7. The van der Waals surface area contributed by atoms with E-state index in [9.17, 15) is 9.65 Å². The molecule has 25 heavy (non-hydrogen) atoms. The molecule has 0 aliphatic heterocycles. The van der Waals surface area contributed by atoms with Gasteiger partial charge in [0.25, 0.3) is 0 Å². The molecule has 0 atom stereocenters. The van der Waals surface area contributed by atoms with Crippen LogP contribution in [0, 0.1) is 24.1 Å². The van der Waals surface area contributed by atoms with Crippen molar-refractivity contribution in [3.63, 3.8) is 0 Å². The molecule has 0 saturated heterocycles. The summed E-state index contributed by atoms with van der Waals surface area (Å²) in [5.41, 5.74) is 3.39. The summed E-state index contributed by atoms with van der Waals surface area (Å²) in [6.45, 7) is 1.88. The SMILES string of the molecule is Cc1ccc(F)c(NC=C(C#N)c2nc(-c3ccc(Br)cc3)cs2)c1. The molecule has 3 nitrogen and oxygen atoms in total. The van der Waals surface area contributed by atoms with Gasteiger partial charge in [-0.3, -0.25) is 0 Å². The average molecular weight is 414 g/mol. The van der Waals surface area contributed by atoms with Crippen molar-refractivity contribution in [2.45, 2.75) is 6.92 Å². The lowest BCUT2D eigenvalue weighted by molar-refractivity contribution is 0.631. The van der Waals surface area contributed by atoms with Crippen molar-refractivity contribution in [3.05, 3.63) is 74.9 Å². The largest absolute Gasteiger partial charge is 0.358 e. The molecule has 3 rings (SSSR count). The van der Waals surface area contributed by atoms with Crippen LogP contribution in [0.4, 0.5) is 10.1 Å². The van der Waals surface area contributed by atoms with E-state index in [1.54, 1.807) is 12.1 Å². The molecular formula is C19H13BrFN3S. The molecule has 0 fully saturated rings. The summed E-state index contributed by atoms with van der Waals surface area (Å²) in [6.07, 6.45) is 1.49. The van der Waals surface area contributed by atoms with Crippen LogP contribution >= 0.6 is 27.3 Å². The molecule has 0 aliphatic carbocycles. The van der Waals surface area contributed by atoms with Crippen LogP contribution in [0.25, 0.3) is 16.8 Å². The van der Waals surface area contributed by atoms with Gasteiger partial charge in [0, 0.05) is 21.6 Å². The van der Waals surface area contributed by atoms with Gasteiger partial charge >= 0.3 is 0 Å². The molecule has 0 bridgehead atoms. The van der Waals surface area contributed by atoms with Crippen LogP contribution in [0.1, 0.15) is 10.6 Å². The highest BCUT2D eigenvalue weighted by Crippen LogP contribution is 2.27. The van der Waals surface area contributed by atoms with E-state index in [0.29, 0.717) is 16.3 Å². The van der Waals surface area contributed by atoms with Gasteiger partial charge in [-0.15, -0.1) is 11.3 Å². The van der Waals surface area contributed by atoms with E-state index in [-0.39, 0.29) is 5.82 Å². The van der Waals surface area contributed by atoms with Crippen molar-refractivity contribution in [3.8, 4) is 17.3 Å². The van der Waals surface area contributed by atoms with Gasteiger partial charge in [0.15, 0.2) is 0 Å². The molecule has 0 spiro atoms. The molecule has 0 unspecified atom stereocenters. The molecule has 3 aromatic rings. The Bertz CT molecular complexity index is 971. The Morgan fingerprint density at radius 1 is 1.28 bits per heavy atom. The quantitative estimate of drug-likeness (QED) is 0.533. The normalized spacial score (nSPS) is 11.2. The number of halogens is 2. The first kappa shape index (κ1) is 17.3. The second-order valence-electron chi connectivity index (χ2n) is 5.34. The zero-order chi connectivity index (χ0) is 17.8. The van der Waals surface area contributed by atoms with Gasteiger partial charge in [-0.2, -0.15) is 5.26 Å². The van der Waals surface area contributed by atoms with E-state index >= 15 is 0 Å². The molecule has 1 aromatic heterocycles. The first-order valence-corrected chi connectivity index (χ1v) is 9.09. The molecule has 0 saturated carbocycles. The van der Waals surface area contributed by atoms with Crippen LogP contribution in [-0.4, -0.2) is 4.98 Å². The number of aromatic nitrogens is 1. The van der Waals surface area contributed by atoms with E-state index in [1.807, 2.05) is 36.6 Å². The van der Waals surface area contributed by atoms with Gasteiger partial charge in [-0.05, 0) is 36.8 Å². The molecular weight excluding hydrogens is 401 g/mol. The minimum absolute atomic E-state index is 0.331. The zero-order valence-corrected chi connectivity index (χ0v) is 15.7. The zero-order valence-electron chi connectivity index (χ0n) is 13.3. The summed E-state index contributed by atoms with van der Waals surface area (Å²) >= 11 is 4.78. The van der Waals surface area contributed by atoms with Crippen LogP contribution in [0.15, 0.2) is 58.5 Å². The Kier molecular flexibility index (Phi) is 5.27. The van der Waals surface area contributed by atoms with Crippen molar-refractivity contribution in [1.82, 2.24) is 4.98 Å². The predicted molar refractivity (Wildman–Crippen MR) is 104 cm³/mol. The first-order chi connectivity index (χ1) is 12.1. The highest BCUT2D eigenvalue weighted by molar-refractivity contribution is 9.10. The third kappa shape index (κ3) is 4.13. The summed E-state index contributed by atoms with van der Waals surface area (Å²) < 4.78 is 14.8. The molecule has 0 aliphatic rings. The lowest BCUT2D eigenvalue weighted by atomic mass is 10.2. The Hall–Kier alpha value is -2.49. The van der Waals surface area contributed by atoms with E-state index in [4.69, 9.17) is 0 Å². The maximum atomic E-state index is 13.8. The van der Waals surface area contributed by atoms with Crippen molar-refractivity contribution in [2.24, 2.45) is 0 Å². The van der Waals surface area contributed by atoms with E-state index in [2.05, 4.69) is 32.3 Å². The second-order valence-corrected chi connectivity index (χ2v) is 7.12. The second kappa shape index (κ2) is 7.60. The fraction of sp³-hybridized carbons (Fsp3) is 0.0526. The number of nitrogens with zero attached hydrogens (tertiary/aromatic N) is 2. The van der Waals surface area contributed by atoms with E-state index < -0.39 is 0 Å². The third-order valence-electron chi connectivity index (χ3n) is 3.49. The van der Waals surface area contributed by atoms with Crippen LogP contribution in [0.5, 0.6) is 0 Å². The van der Waals surface area contributed by atoms with E-state index in [0.717, 1.165) is 21.3 Å². The fourth-order valence-corrected chi connectivity index (χ4v) is 3.25. The highest BCUT2D eigenvalue weighted by Gasteiger charge is 2.09. The number of hydrogen-bond donors (Lipinski definition) is 1. The Morgan fingerprint density at radius 3 is 2.76 bits per heavy atom. The van der Waals surface area contributed by atoms with Gasteiger partial charge in [-0.1, -0.05) is 34.1 Å². The summed E-state index contributed by atoms with van der Waals surface area (Å²) in [4.78, 5) is 4.51. The standard InChI is InChI=1S/C19H13BrFN3S/c1-12-2-7-16(21)17(8-12)23-10-14(9-22)19-24-18(11-25-19)13-3-5-15(20)6-4-13/h2-8,10-11,23H,1H3. The molecule has 124 valence electrons. The van der Waals surface area contributed by atoms with Crippen molar-refractivity contribution in [2.75, 3.05) is 5.32 Å². The predicted octanol–water partition coefficient (Wildman–Crippen LogP) is 6.00. The number of thiazole rings is 1. The topological polar surface area (TPSA) is 48.7 Å². The first-order valence-electron chi connectivity index (χ1n) is 7.41. The minimum Gasteiger partial charge on any atom is -0.358 e. The highest BCUT2D eigenvalue weighted by atomic mass is 79.9. The number of anilines is 1. The lowest BCUT2D eigenvalue weighted by Crippen LogP contribution is -1.94. The molecule has 2 aromatic carbocycles. The van der Waals surface area contributed by atoms with Crippen molar-refractivity contribution >= 4 is 38.5 Å². The fourth-order valence-electron chi connectivity index (χ4n) is 2.19. The Labute approximate surface area is 157 Å². The number of benzene rings is 2. The molecule has 1 N–H and O–H groups in total. The Balaban J connectivity index is 1.85. The minimum atomic E-state index is -0.367. The van der Waals surface area contributed by atoms with Gasteiger partial charge < -0.3 is 5.32 Å².